The molecule has 33 heavy (non-hydrogen) atoms. The first-order valence-corrected chi connectivity index (χ1v) is 13.2. The molecule has 0 spiro atoms. The Hall–Kier alpha value is -1.86. The molecule has 4 rings (SSSR count). The summed E-state index contributed by atoms with van der Waals surface area (Å²) in [5.41, 5.74) is 1.34. The number of benzene rings is 1. The van der Waals surface area contributed by atoms with Gasteiger partial charge in [-0.15, -0.1) is 0 Å². The SMILES string of the molecule is COc1ccc2nccc([C@H](F)CC[C@@H]3CCN(CCCSC4CCC4)C[C@@H]3C(=O)O)c2c1. The number of pyridine rings is 1. The molecule has 2 heterocycles. The Bertz CT molecular complexity index is 939. The van der Waals surface area contributed by atoms with Crippen molar-refractivity contribution in [3.63, 3.8) is 0 Å². The molecule has 7 heteroatoms. The number of hydrogen-bond donors (Lipinski definition) is 1. The highest BCUT2D eigenvalue weighted by Crippen LogP contribution is 2.36. The van der Waals surface area contributed by atoms with Gasteiger partial charge in [0.1, 0.15) is 11.9 Å². The summed E-state index contributed by atoms with van der Waals surface area (Å²) in [7, 11) is 1.59. The van der Waals surface area contributed by atoms with Gasteiger partial charge in [0.25, 0.3) is 0 Å². The van der Waals surface area contributed by atoms with Crippen molar-refractivity contribution < 1.29 is 19.0 Å². The lowest BCUT2D eigenvalue weighted by Gasteiger charge is -2.37. The number of aromatic nitrogens is 1. The van der Waals surface area contributed by atoms with Crippen LogP contribution in [0.1, 0.15) is 56.7 Å². The van der Waals surface area contributed by atoms with Gasteiger partial charge in [-0.1, -0.05) is 6.42 Å². The minimum absolute atomic E-state index is 0.0176. The lowest BCUT2D eigenvalue weighted by molar-refractivity contribution is -0.146. The molecule has 2 aromatic rings. The Balaban J connectivity index is 1.31. The predicted octanol–water partition coefficient (Wildman–Crippen LogP) is 5.73. The van der Waals surface area contributed by atoms with Gasteiger partial charge in [0.2, 0.25) is 0 Å². The maximum absolute atomic E-state index is 15.3. The van der Waals surface area contributed by atoms with Crippen LogP contribution in [0.2, 0.25) is 0 Å². The maximum Gasteiger partial charge on any atom is 0.308 e. The molecular weight excluding hydrogens is 439 g/mol. The van der Waals surface area contributed by atoms with Gasteiger partial charge in [-0.05, 0) is 93.1 Å². The Morgan fingerprint density at radius 1 is 1.33 bits per heavy atom. The molecule has 1 saturated heterocycles. The number of carboxylic acids is 1. The van der Waals surface area contributed by atoms with Crippen molar-refractivity contribution in [3.8, 4) is 5.75 Å². The third-order valence-electron chi connectivity index (χ3n) is 7.29. The summed E-state index contributed by atoms with van der Waals surface area (Å²) in [5.74, 6) is 0.691. The van der Waals surface area contributed by atoms with Gasteiger partial charge in [0.05, 0.1) is 18.5 Å². The maximum atomic E-state index is 15.3. The topological polar surface area (TPSA) is 62.7 Å². The van der Waals surface area contributed by atoms with E-state index in [1.54, 1.807) is 19.4 Å². The normalized spacial score (nSPS) is 22.7. The molecule has 0 unspecified atom stereocenters. The third kappa shape index (κ3) is 6.18. The van der Waals surface area contributed by atoms with Gasteiger partial charge in [-0.2, -0.15) is 11.8 Å². The molecule has 0 radical (unpaired) electrons. The average molecular weight is 475 g/mol. The highest BCUT2D eigenvalue weighted by molar-refractivity contribution is 7.99. The third-order valence-corrected chi connectivity index (χ3v) is 8.76. The van der Waals surface area contributed by atoms with Crippen molar-refractivity contribution in [3.05, 3.63) is 36.0 Å². The number of thioether (sulfide) groups is 1. The lowest BCUT2D eigenvalue weighted by atomic mass is 9.81. The number of piperidine rings is 1. The zero-order chi connectivity index (χ0) is 23.2. The molecule has 180 valence electrons. The number of methoxy groups -OCH3 is 1. The van der Waals surface area contributed by atoms with E-state index in [2.05, 4.69) is 21.6 Å². The summed E-state index contributed by atoms with van der Waals surface area (Å²) in [6.07, 6.45) is 7.41. The van der Waals surface area contributed by atoms with Crippen LogP contribution in [-0.4, -0.2) is 58.7 Å². The van der Waals surface area contributed by atoms with Crippen LogP contribution in [0, 0.1) is 11.8 Å². The van der Waals surface area contributed by atoms with Crippen molar-refractivity contribution in [2.75, 3.05) is 32.5 Å². The Morgan fingerprint density at radius 2 is 2.18 bits per heavy atom. The van der Waals surface area contributed by atoms with Crippen molar-refractivity contribution in [1.29, 1.82) is 0 Å². The van der Waals surface area contributed by atoms with E-state index in [4.69, 9.17) is 4.74 Å². The Labute approximate surface area is 200 Å². The molecule has 1 N–H and O–H groups in total. The number of carboxylic acid groups (broad SMARTS) is 1. The van der Waals surface area contributed by atoms with Crippen LogP contribution in [0.4, 0.5) is 4.39 Å². The van der Waals surface area contributed by atoms with Crippen LogP contribution in [-0.2, 0) is 4.79 Å². The van der Waals surface area contributed by atoms with Crippen molar-refractivity contribution >= 4 is 28.6 Å². The van der Waals surface area contributed by atoms with Gasteiger partial charge < -0.3 is 14.7 Å². The molecule has 1 aromatic carbocycles. The van der Waals surface area contributed by atoms with Gasteiger partial charge in [-0.3, -0.25) is 9.78 Å². The standard InChI is InChI=1S/C26H35FN2O3S/c1-32-19-7-9-25-22(16-19)21(10-12-28-25)24(27)8-6-18-11-14-29(17-23(18)26(30)31)13-3-15-33-20-4-2-5-20/h7,9-10,12,16,18,20,23-24H,2-6,8,11,13-15,17H2,1H3,(H,30,31)/t18-,23+,24-/m1/s1. The Kier molecular flexibility index (Phi) is 8.47. The molecule has 3 atom stereocenters. The number of aliphatic carboxylic acids is 1. The monoisotopic (exact) mass is 474 g/mol. The largest absolute Gasteiger partial charge is 0.497 e. The van der Waals surface area contributed by atoms with Crippen LogP contribution < -0.4 is 4.74 Å². The number of halogens is 1. The number of carbonyl (C=O) groups is 1. The van der Waals surface area contributed by atoms with E-state index in [0.717, 1.165) is 47.8 Å². The molecule has 0 bridgehead atoms. The molecule has 2 fully saturated rings. The lowest BCUT2D eigenvalue weighted by Crippen LogP contribution is -2.44. The minimum atomic E-state index is -1.15. The van der Waals surface area contributed by atoms with E-state index in [1.165, 1.54) is 19.3 Å². The molecule has 5 nitrogen and oxygen atoms in total. The molecule has 0 amide bonds. The van der Waals surface area contributed by atoms with Gasteiger partial charge >= 0.3 is 5.97 Å². The second-order valence-corrected chi connectivity index (χ2v) is 10.8. The summed E-state index contributed by atoms with van der Waals surface area (Å²) in [6.45, 7) is 2.46. The fraction of sp³-hybridized carbons (Fsp3) is 0.615. The number of alkyl halides is 1. The molecule has 1 aliphatic carbocycles. The summed E-state index contributed by atoms with van der Waals surface area (Å²) in [6, 6.07) is 7.21. The molecule has 1 aliphatic heterocycles. The van der Waals surface area contributed by atoms with E-state index in [-0.39, 0.29) is 5.92 Å². The first kappa shape index (κ1) is 24.3. The first-order valence-electron chi connectivity index (χ1n) is 12.2. The van der Waals surface area contributed by atoms with Crippen LogP contribution in [0.3, 0.4) is 0 Å². The number of likely N-dealkylation sites (tertiary alicyclic amines) is 1. The average Bonchev–Trinajstić information content (AvgIpc) is 2.80. The minimum Gasteiger partial charge on any atom is -0.497 e. The van der Waals surface area contributed by atoms with E-state index in [0.29, 0.717) is 30.7 Å². The second kappa shape index (κ2) is 11.5. The van der Waals surface area contributed by atoms with Crippen LogP contribution >= 0.6 is 11.8 Å². The smallest absolute Gasteiger partial charge is 0.308 e. The van der Waals surface area contributed by atoms with Crippen molar-refractivity contribution in [2.45, 2.75) is 56.4 Å². The number of hydrogen-bond acceptors (Lipinski definition) is 5. The number of nitrogens with zero attached hydrogens (tertiary/aromatic N) is 2. The number of ether oxygens (including phenoxy) is 1. The van der Waals surface area contributed by atoms with Gasteiger partial charge in [-0.25, -0.2) is 4.39 Å². The van der Waals surface area contributed by atoms with E-state index < -0.39 is 18.1 Å². The van der Waals surface area contributed by atoms with E-state index in [9.17, 15) is 9.90 Å². The molecular formula is C26H35FN2O3S. The fourth-order valence-electron chi connectivity index (χ4n) is 5.03. The first-order chi connectivity index (χ1) is 16.0. The summed E-state index contributed by atoms with van der Waals surface area (Å²) in [5, 5.41) is 11.5. The van der Waals surface area contributed by atoms with Crippen molar-refractivity contribution in [1.82, 2.24) is 9.88 Å². The quantitative estimate of drug-likeness (QED) is 0.420. The van der Waals surface area contributed by atoms with Gasteiger partial charge in [0.15, 0.2) is 0 Å². The van der Waals surface area contributed by atoms with Crippen LogP contribution in [0.15, 0.2) is 30.5 Å². The molecule has 2 aliphatic rings. The number of fused-ring (bicyclic) bond motifs is 1. The van der Waals surface area contributed by atoms with E-state index in [1.807, 2.05) is 18.2 Å². The zero-order valence-corrected chi connectivity index (χ0v) is 20.2. The summed E-state index contributed by atoms with van der Waals surface area (Å²) >= 11 is 2.07. The second-order valence-electron chi connectivity index (χ2n) is 9.40. The molecule has 1 saturated carbocycles. The summed E-state index contributed by atoms with van der Waals surface area (Å²) < 4.78 is 20.6. The highest BCUT2D eigenvalue weighted by Gasteiger charge is 2.34. The Morgan fingerprint density at radius 3 is 2.91 bits per heavy atom. The fourth-order valence-corrected chi connectivity index (χ4v) is 6.33. The summed E-state index contributed by atoms with van der Waals surface area (Å²) in [4.78, 5) is 18.6. The van der Waals surface area contributed by atoms with E-state index >= 15 is 4.39 Å². The zero-order valence-electron chi connectivity index (χ0n) is 19.4. The highest BCUT2D eigenvalue weighted by atomic mass is 32.2. The predicted molar refractivity (Wildman–Crippen MR) is 132 cm³/mol. The van der Waals surface area contributed by atoms with Crippen LogP contribution in [0.5, 0.6) is 5.75 Å². The van der Waals surface area contributed by atoms with Crippen molar-refractivity contribution in [2.24, 2.45) is 11.8 Å². The van der Waals surface area contributed by atoms with Crippen LogP contribution in [0.25, 0.3) is 10.9 Å². The van der Waals surface area contributed by atoms with Gasteiger partial charge in [0, 0.05) is 23.4 Å². The number of rotatable bonds is 11. The molecule has 1 aromatic heterocycles.